The molecule has 1 aromatic heterocycles. The van der Waals surface area contributed by atoms with Crippen LogP contribution in [0.4, 0.5) is 18.9 Å². The highest BCUT2D eigenvalue weighted by atomic mass is 19.4. The number of alkyl halides is 3. The van der Waals surface area contributed by atoms with Gasteiger partial charge in [0.05, 0.1) is 0 Å². The van der Waals surface area contributed by atoms with Crippen molar-refractivity contribution in [2.24, 2.45) is 0 Å². The molecule has 0 fully saturated rings. The Balaban J connectivity index is 1.85. The lowest BCUT2D eigenvalue weighted by atomic mass is 10.0. The first kappa shape index (κ1) is 16.4. The average Bonchev–Trinajstić information content (AvgIpc) is 3.05. The lowest BCUT2D eigenvalue weighted by Gasteiger charge is -2.31. The zero-order valence-electron chi connectivity index (χ0n) is 13.0. The molecule has 1 atom stereocenters. The van der Waals surface area contributed by atoms with E-state index >= 15 is 0 Å². The van der Waals surface area contributed by atoms with Crippen molar-refractivity contribution in [2.45, 2.75) is 32.2 Å². The summed E-state index contributed by atoms with van der Waals surface area (Å²) >= 11 is 0. The number of fused-ring (bicyclic) bond motifs is 1. The first-order valence-electron chi connectivity index (χ1n) is 7.54. The summed E-state index contributed by atoms with van der Waals surface area (Å²) in [5.41, 5.74) is 1.30. The van der Waals surface area contributed by atoms with Crippen molar-refractivity contribution in [3.63, 3.8) is 0 Å². The van der Waals surface area contributed by atoms with Crippen LogP contribution < -0.4 is 9.64 Å². The van der Waals surface area contributed by atoms with Crippen LogP contribution in [-0.4, -0.2) is 28.6 Å². The first-order chi connectivity index (χ1) is 11.3. The molecule has 0 unspecified atom stereocenters. The number of hydrogen-bond acceptors (Lipinski definition) is 3. The van der Waals surface area contributed by atoms with Crippen LogP contribution in [0.1, 0.15) is 24.9 Å². The van der Waals surface area contributed by atoms with Gasteiger partial charge in [-0.25, -0.2) is 0 Å². The Hall–Kier alpha value is -2.51. The van der Waals surface area contributed by atoms with Gasteiger partial charge in [0, 0.05) is 24.6 Å². The van der Waals surface area contributed by atoms with E-state index in [1.54, 1.807) is 35.0 Å². The first-order valence-corrected chi connectivity index (χ1v) is 7.54. The van der Waals surface area contributed by atoms with Crippen LogP contribution in [0.15, 0.2) is 36.7 Å². The van der Waals surface area contributed by atoms with Gasteiger partial charge in [-0.3, -0.25) is 9.48 Å². The average molecular weight is 339 g/mol. The Labute approximate surface area is 136 Å². The molecule has 1 aromatic carbocycles. The van der Waals surface area contributed by atoms with E-state index in [1.165, 1.54) is 18.2 Å². The number of aryl methyl sites for hydroxylation is 1. The van der Waals surface area contributed by atoms with E-state index in [2.05, 4.69) is 9.84 Å². The van der Waals surface area contributed by atoms with E-state index in [9.17, 15) is 18.0 Å². The van der Waals surface area contributed by atoms with E-state index < -0.39 is 12.4 Å². The van der Waals surface area contributed by atoms with E-state index in [1.807, 2.05) is 0 Å². The molecule has 3 rings (SSSR count). The van der Waals surface area contributed by atoms with Crippen molar-refractivity contribution >= 4 is 11.6 Å². The molecule has 0 bridgehead atoms. The lowest BCUT2D eigenvalue weighted by Crippen LogP contribution is -2.39. The fourth-order valence-corrected chi connectivity index (χ4v) is 2.85. The Morgan fingerprint density at radius 3 is 2.83 bits per heavy atom. The number of amides is 1. The summed E-state index contributed by atoms with van der Waals surface area (Å²) in [6.45, 7) is 2.27. The Morgan fingerprint density at radius 2 is 2.17 bits per heavy atom. The predicted molar refractivity (Wildman–Crippen MR) is 80.7 cm³/mol. The number of anilines is 1. The van der Waals surface area contributed by atoms with Crippen LogP contribution in [-0.2, 0) is 11.2 Å². The number of hydrogen-bond donors (Lipinski definition) is 0. The normalized spacial score (nSPS) is 15.8. The van der Waals surface area contributed by atoms with E-state index in [4.69, 9.17) is 0 Å². The quantitative estimate of drug-likeness (QED) is 0.862. The van der Waals surface area contributed by atoms with Gasteiger partial charge in [-0.1, -0.05) is 0 Å². The minimum absolute atomic E-state index is 0.149. The van der Waals surface area contributed by atoms with Gasteiger partial charge in [-0.15, -0.1) is 13.2 Å². The van der Waals surface area contributed by atoms with Crippen molar-refractivity contribution in [1.82, 2.24) is 9.78 Å². The Kier molecular flexibility index (Phi) is 4.21. The summed E-state index contributed by atoms with van der Waals surface area (Å²) in [5.74, 6) is -0.417. The Morgan fingerprint density at radius 1 is 1.38 bits per heavy atom. The molecule has 0 N–H and O–H groups in total. The number of nitrogens with zero attached hydrogens (tertiary/aromatic N) is 3. The minimum Gasteiger partial charge on any atom is -0.406 e. The third kappa shape index (κ3) is 3.37. The molecule has 8 heteroatoms. The van der Waals surface area contributed by atoms with Crippen molar-refractivity contribution in [3.05, 3.63) is 42.2 Å². The smallest absolute Gasteiger partial charge is 0.406 e. The molecule has 0 spiro atoms. The fourth-order valence-electron chi connectivity index (χ4n) is 2.85. The lowest BCUT2D eigenvalue weighted by molar-refractivity contribution is -0.274. The van der Waals surface area contributed by atoms with Crippen LogP contribution in [0.25, 0.3) is 0 Å². The maximum atomic E-state index is 12.7. The van der Waals surface area contributed by atoms with Gasteiger partial charge < -0.3 is 9.64 Å². The van der Waals surface area contributed by atoms with E-state index in [0.717, 1.165) is 0 Å². The highest BCUT2D eigenvalue weighted by Crippen LogP contribution is 2.33. The van der Waals surface area contributed by atoms with Crippen LogP contribution in [0, 0.1) is 0 Å². The summed E-state index contributed by atoms with van der Waals surface area (Å²) in [6.07, 6.45) is -0.153. The molecule has 5 nitrogen and oxygen atoms in total. The molecule has 0 radical (unpaired) electrons. The van der Waals surface area contributed by atoms with E-state index in [-0.39, 0.29) is 11.7 Å². The third-order valence-corrected chi connectivity index (χ3v) is 3.95. The summed E-state index contributed by atoms with van der Waals surface area (Å²) in [7, 11) is 0. The number of ether oxygens (including phenoxy) is 1. The molecule has 1 aliphatic heterocycles. The molecule has 24 heavy (non-hydrogen) atoms. The highest BCUT2D eigenvalue weighted by Gasteiger charge is 2.32. The zero-order chi connectivity index (χ0) is 17.3. The SMILES string of the molecule is C[C@@H](C(=O)N1CCCc2cc(OC(F)(F)F)ccc21)n1cccn1. The molecule has 0 saturated carbocycles. The van der Waals surface area contributed by atoms with E-state index in [0.29, 0.717) is 30.6 Å². The van der Waals surface area contributed by atoms with Crippen molar-refractivity contribution in [1.29, 1.82) is 0 Å². The third-order valence-electron chi connectivity index (χ3n) is 3.95. The minimum atomic E-state index is -4.73. The molecule has 128 valence electrons. The van der Waals surface area contributed by atoms with Crippen LogP contribution in [0.5, 0.6) is 5.75 Å². The van der Waals surface area contributed by atoms with Gasteiger partial charge in [-0.05, 0) is 49.6 Å². The molecule has 2 aromatic rings. The molecular weight excluding hydrogens is 323 g/mol. The van der Waals surface area contributed by atoms with Crippen molar-refractivity contribution in [3.8, 4) is 5.75 Å². The maximum absolute atomic E-state index is 12.7. The van der Waals surface area contributed by atoms with Crippen molar-refractivity contribution < 1.29 is 22.7 Å². The number of rotatable bonds is 3. The van der Waals surface area contributed by atoms with Gasteiger partial charge in [0.25, 0.3) is 5.91 Å². The van der Waals surface area contributed by atoms with Crippen LogP contribution >= 0.6 is 0 Å². The second-order valence-corrected chi connectivity index (χ2v) is 5.59. The number of carbonyl (C=O) groups excluding carboxylic acids is 1. The fraction of sp³-hybridized carbons (Fsp3) is 0.375. The second kappa shape index (κ2) is 6.18. The van der Waals surface area contributed by atoms with Crippen LogP contribution in [0.3, 0.4) is 0 Å². The largest absolute Gasteiger partial charge is 0.573 e. The number of halogens is 3. The number of carbonyl (C=O) groups is 1. The molecule has 1 aliphatic rings. The molecule has 0 saturated heterocycles. The molecule has 0 aliphatic carbocycles. The predicted octanol–water partition coefficient (Wildman–Crippen LogP) is 3.32. The Bertz CT molecular complexity index is 729. The topological polar surface area (TPSA) is 47.4 Å². The van der Waals surface area contributed by atoms with Gasteiger partial charge in [0.15, 0.2) is 0 Å². The standard InChI is InChI=1S/C16H16F3N3O2/c1-11(22-9-3-7-20-22)15(23)21-8-2-4-12-10-13(5-6-14(12)21)24-16(17,18)19/h3,5-7,9-11H,2,4,8H2,1H3/t11-/m0/s1. The summed E-state index contributed by atoms with van der Waals surface area (Å²) in [6, 6.07) is 5.33. The highest BCUT2D eigenvalue weighted by molar-refractivity contribution is 5.97. The second-order valence-electron chi connectivity index (χ2n) is 5.59. The zero-order valence-corrected chi connectivity index (χ0v) is 13.0. The monoisotopic (exact) mass is 339 g/mol. The number of benzene rings is 1. The molecule has 1 amide bonds. The van der Waals surface area contributed by atoms with Gasteiger partial charge in [-0.2, -0.15) is 5.10 Å². The number of aromatic nitrogens is 2. The van der Waals surface area contributed by atoms with Gasteiger partial charge in [0.2, 0.25) is 0 Å². The van der Waals surface area contributed by atoms with Gasteiger partial charge >= 0.3 is 6.36 Å². The van der Waals surface area contributed by atoms with Crippen LogP contribution in [0.2, 0.25) is 0 Å². The summed E-state index contributed by atoms with van der Waals surface area (Å²) in [5, 5.41) is 4.07. The summed E-state index contributed by atoms with van der Waals surface area (Å²) in [4.78, 5) is 14.3. The molecular formula is C16H16F3N3O2. The summed E-state index contributed by atoms with van der Waals surface area (Å²) < 4.78 is 42.5. The van der Waals surface area contributed by atoms with Crippen molar-refractivity contribution in [2.75, 3.05) is 11.4 Å². The maximum Gasteiger partial charge on any atom is 0.573 e. The van der Waals surface area contributed by atoms with Gasteiger partial charge in [0.1, 0.15) is 11.8 Å². The molecule has 2 heterocycles.